The van der Waals surface area contributed by atoms with E-state index in [1.165, 1.54) is 12.8 Å². The fourth-order valence-corrected chi connectivity index (χ4v) is 2.17. The molecule has 1 saturated heterocycles. The van der Waals surface area contributed by atoms with E-state index in [-0.39, 0.29) is 0 Å². The average Bonchev–Trinajstić information content (AvgIpc) is 2.30. The number of hydrogen-bond acceptors (Lipinski definition) is 4. The smallest absolute Gasteiger partial charge is 0.151 e. The van der Waals surface area contributed by atoms with Crippen LogP contribution in [0.3, 0.4) is 0 Å². The van der Waals surface area contributed by atoms with Crippen LogP contribution in [-0.2, 0) is 0 Å². The molecule has 88 valence electrons. The Hall–Kier alpha value is -1.16. The number of aromatic nitrogens is 2. The first-order chi connectivity index (χ1) is 7.66. The molecule has 0 radical (unpaired) electrons. The lowest BCUT2D eigenvalue weighted by Gasteiger charge is -2.35. The summed E-state index contributed by atoms with van der Waals surface area (Å²) in [5.74, 6) is 1.02. The first-order valence-electron chi connectivity index (χ1n) is 5.88. The van der Waals surface area contributed by atoms with Gasteiger partial charge in [0, 0.05) is 19.1 Å². The Labute approximate surface area is 97.3 Å². The van der Waals surface area contributed by atoms with Crippen LogP contribution in [0.1, 0.15) is 18.5 Å². The Morgan fingerprint density at radius 1 is 1.19 bits per heavy atom. The molecule has 0 atom stereocenters. The molecule has 1 aromatic heterocycles. The summed E-state index contributed by atoms with van der Waals surface area (Å²) < 4.78 is 0. The van der Waals surface area contributed by atoms with E-state index in [4.69, 9.17) is 0 Å². The molecule has 1 aromatic rings. The van der Waals surface area contributed by atoms with Crippen LogP contribution in [0.4, 0.5) is 5.82 Å². The van der Waals surface area contributed by atoms with Gasteiger partial charge in [0.05, 0.1) is 5.69 Å². The lowest BCUT2D eigenvalue weighted by atomic mass is 10.0. The lowest BCUT2D eigenvalue weighted by molar-refractivity contribution is 0.249. The van der Waals surface area contributed by atoms with Crippen molar-refractivity contribution in [3.8, 4) is 0 Å². The molecule has 1 aliphatic heterocycles. The van der Waals surface area contributed by atoms with E-state index in [2.05, 4.69) is 40.2 Å². The molecule has 1 aliphatic rings. The van der Waals surface area contributed by atoms with Crippen molar-refractivity contribution in [3.05, 3.63) is 17.8 Å². The van der Waals surface area contributed by atoms with Crippen LogP contribution in [0.25, 0.3) is 0 Å². The Morgan fingerprint density at radius 2 is 1.88 bits per heavy atom. The number of anilines is 1. The summed E-state index contributed by atoms with van der Waals surface area (Å²) in [6.45, 7) is 4.14. The van der Waals surface area contributed by atoms with Gasteiger partial charge in [0.25, 0.3) is 0 Å². The maximum absolute atomic E-state index is 4.23. The number of rotatable bonds is 2. The molecule has 2 rings (SSSR count). The molecular formula is C12H20N4. The zero-order valence-electron chi connectivity index (χ0n) is 10.3. The van der Waals surface area contributed by atoms with Gasteiger partial charge in [-0.1, -0.05) is 0 Å². The van der Waals surface area contributed by atoms with E-state index in [1.807, 2.05) is 13.0 Å². The molecule has 0 N–H and O–H groups in total. The van der Waals surface area contributed by atoms with Gasteiger partial charge in [0.15, 0.2) is 5.82 Å². The van der Waals surface area contributed by atoms with Crippen LogP contribution < -0.4 is 4.90 Å². The first kappa shape index (κ1) is 11.3. The Morgan fingerprint density at radius 3 is 2.38 bits per heavy atom. The summed E-state index contributed by atoms with van der Waals surface area (Å²) in [5, 5.41) is 8.34. The van der Waals surface area contributed by atoms with Gasteiger partial charge in [-0.2, -0.15) is 5.10 Å². The summed E-state index contributed by atoms with van der Waals surface area (Å²) in [6, 6.07) is 4.81. The minimum absolute atomic E-state index is 0.717. The Kier molecular flexibility index (Phi) is 3.39. The second-order valence-electron chi connectivity index (χ2n) is 4.71. The van der Waals surface area contributed by atoms with Crippen molar-refractivity contribution in [2.24, 2.45) is 0 Å². The SMILES string of the molecule is Cc1ccc(N2CCC(N(C)C)CC2)nn1. The maximum Gasteiger partial charge on any atom is 0.151 e. The largest absolute Gasteiger partial charge is 0.355 e. The molecule has 0 aliphatic carbocycles. The summed E-state index contributed by atoms with van der Waals surface area (Å²) in [5.41, 5.74) is 0.979. The highest BCUT2D eigenvalue weighted by Crippen LogP contribution is 2.19. The third-order valence-corrected chi connectivity index (χ3v) is 3.30. The van der Waals surface area contributed by atoms with Crippen molar-refractivity contribution in [3.63, 3.8) is 0 Å². The molecule has 0 amide bonds. The van der Waals surface area contributed by atoms with Crippen LogP contribution in [0.5, 0.6) is 0 Å². The highest BCUT2D eigenvalue weighted by Gasteiger charge is 2.21. The van der Waals surface area contributed by atoms with Gasteiger partial charge in [-0.25, -0.2) is 0 Å². The molecule has 0 spiro atoms. The van der Waals surface area contributed by atoms with Gasteiger partial charge in [0.1, 0.15) is 0 Å². The molecule has 0 aromatic carbocycles. The fraction of sp³-hybridized carbons (Fsp3) is 0.667. The van der Waals surface area contributed by atoms with Crippen molar-refractivity contribution in [2.45, 2.75) is 25.8 Å². The first-order valence-corrected chi connectivity index (χ1v) is 5.88. The third-order valence-electron chi connectivity index (χ3n) is 3.30. The van der Waals surface area contributed by atoms with Crippen molar-refractivity contribution >= 4 is 5.82 Å². The molecule has 16 heavy (non-hydrogen) atoms. The minimum Gasteiger partial charge on any atom is -0.355 e. The molecule has 0 bridgehead atoms. The maximum atomic E-state index is 4.23. The minimum atomic E-state index is 0.717. The summed E-state index contributed by atoms with van der Waals surface area (Å²) in [6.07, 6.45) is 2.42. The topological polar surface area (TPSA) is 32.3 Å². The molecule has 0 unspecified atom stereocenters. The Bertz CT molecular complexity index is 325. The summed E-state index contributed by atoms with van der Waals surface area (Å²) in [4.78, 5) is 4.64. The van der Waals surface area contributed by atoms with Gasteiger partial charge >= 0.3 is 0 Å². The highest BCUT2D eigenvalue weighted by molar-refractivity contribution is 5.37. The van der Waals surface area contributed by atoms with E-state index >= 15 is 0 Å². The monoisotopic (exact) mass is 220 g/mol. The molecular weight excluding hydrogens is 200 g/mol. The normalized spacial score (nSPS) is 18.1. The number of piperidine rings is 1. The standard InChI is InChI=1S/C12H20N4/c1-10-4-5-12(14-13-10)16-8-6-11(7-9-16)15(2)3/h4-5,11H,6-9H2,1-3H3. The van der Waals surface area contributed by atoms with E-state index in [0.29, 0.717) is 0 Å². The predicted octanol–water partition coefficient (Wildman–Crippen LogP) is 1.32. The molecule has 0 saturated carbocycles. The fourth-order valence-electron chi connectivity index (χ4n) is 2.17. The average molecular weight is 220 g/mol. The van der Waals surface area contributed by atoms with Crippen LogP contribution in [0.2, 0.25) is 0 Å². The molecule has 4 heteroatoms. The van der Waals surface area contributed by atoms with Gasteiger partial charge in [-0.15, -0.1) is 5.10 Å². The van der Waals surface area contributed by atoms with E-state index in [0.717, 1.165) is 30.6 Å². The van der Waals surface area contributed by atoms with E-state index < -0.39 is 0 Å². The quantitative estimate of drug-likeness (QED) is 0.752. The second-order valence-corrected chi connectivity index (χ2v) is 4.71. The zero-order valence-corrected chi connectivity index (χ0v) is 10.3. The van der Waals surface area contributed by atoms with Crippen molar-refractivity contribution < 1.29 is 0 Å². The van der Waals surface area contributed by atoms with Gasteiger partial charge in [-0.05, 0) is 46.0 Å². The van der Waals surface area contributed by atoms with Crippen molar-refractivity contribution in [1.29, 1.82) is 0 Å². The second kappa shape index (κ2) is 4.78. The van der Waals surface area contributed by atoms with E-state index in [1.54, 1.807) is 0 Å². The predicted molar refractivity (Wildman–Crippen MR) is 65.7 cm³/mol. The van der Waals surface area contributed by atoms with Gasteiger partial charge in [0.2, 0.25) is 0 Å². The molecule has 4 nitrogen and oxygen atoms in total. The Balaban J connectivity index is 1.96. The van der Waals surface area contributed by atoms with Crippen molar-refractivity contribution in [2.75, 3.05) is 32.1 Å². The summed E-state index contributed by atoms with van der Waals surface area (Å²) >= 11 is 0. The molecule has 2 heterocycles. The van der Waals surface area contributed by atoms with Crippen LogP contribution >= 0.6 is 0 Å². The number of aryl methyl sites for hydroxylation is 1. The number of nitrogens with zero attached hydrogens (tertiary/aromatic N) is 4. The number of hydrogen-bond donors (Lipinski definition) is 0. The zero-order chi connectivity index (χ0) is 11.5. The lowest BCUT2D eigenvalue weighted by Crippen LogP contribution is -2.42. The van der Waals surface area contributed by atoms with Gasteiger partial charge in [-0.3, -0.25) is 0 Å². The van der Waals surface area contributed by atoms with Crippen LogP contribution in [0.15, 0.2) is 12.1 Å². The van der Waals surface area contributed by atoms with Crippen LogP contribution in [0, 0.1) is 6.92 Å². The van der Waals surface area contributed by atoms with Gasteiger partial charge < -0.3 is 9.80 Å². The van der Waals surface area contributed by atoms with Crippen LogP contribution in [-0.4, -0.2) is 48.3 Å². The third kappa shape index (κ3) is 2.50. The molecule has 1 fully saturated rings. The highest BCUT2D eigenvalue weighted by atomic mass is 15.3. The van der Waals surface area contributed by atoms with Crippen molar-refractivity contribution in [1.82, 2.24) is 15.1 Å². The van der Waals surface area contributed by atoms with E-state index in [9.17, 15) is 0 Å². The summed E-state index contributed by atoms with van der Waals surface area (Å²) in [7, 11) is 4.32.